The van der Waals surface area contributed by atoms with Gasteiger partial charge in [-0.15, -0.1) is 0 Å². The molecule has 0 heterocycles. The Kier molecular flexibility index (Phi) is 8.89. The van der Waals surface area contributed by atoms with Crippen molar-refractivity contribution in [3.05, 3.63) is 29.8 Å². The van der Waals surface area contributed by atoms with E-state index >= 15 is 0 Å². The number of nitrogens with zero attached hydrogens (tertiary/aromatic N) is 1. The summed E-state index contributed by atoms with van der Waals surface area (Å²) in [7, 11) is 0.174. The largest absolute Gasteiger partial charge is 0.378 e. The first-order valence-electron chi connectivity index (χ1n) is 8.06. The second-order valence-electron chi connectivity index (χ2n) is 5.74. The van der Waals surface area contributed by atoms with Crippen LogP contribution in [-0.4, -0.2) is 58.1 Å². The number of sulfonamides is 1. The summed E-state index contributed by atoms with van der Waals surface area (Å²) in [4.78, 5) is 26.4. The Labute approximate surface area is 159 Å². The number of hydrazine groups is 1. The van der Waals surface area contributed by atoms with Crippen LogP contribution in [0.25, 0.3) is 0 Å². The van der Waals surface area contributed by atoms with Gasteiger partial charge in [-0.2, -0.15) is 11.8 Å². The summed E-state index contributed by atoms with van der Waals surface area (Å²) >= 11 is 1.50. The summed E-state index contributed by atoms with van der Waals surface area (Å²) in [6, 6.07) is 5.96. The number of amides is 2. The van der Waals surface area contributed by atoms with Crippen molar-refractivity contribution in [1.82, 2.24) is 15.6 Å². The fourth-order valence-corrected chi connectivity index (χ4v) is 3.28. The average Bonchev–Trinajstić information content (AvgIpc) is 2.62. The Morgan fingerprint density at radius 3 is 2.50 bits per heavy atom. The summed E-state index contributed by atoms with van der Waals surface area (Å²) in [6.45, 7) is 1.49. The second kappa shape index (κ2) is 10.4. The van der Waals surface area contributed by atoms with Crippen molar-refractivity contribution in [2.75, 3.05) is 36.8 Å². The summed E-state index contributed by atoms with van der Waals surface area (Å²) in [6.07, 6.45) is 2.18. The van der Waals surface area contributed by atoms with Crippen LogP contribution in [0.2, 0.25) is 0 Å². The molecular weight excluding hydrogens is 376 g/mol. The molecule has 10 heteroatoms. The first-order chi connectivity index (χ1) is 12.2. The molecule has 0 fully saturated rings. The lowest BCUT2D eigenvalue weighted by atomic mass is 10.2. The smallest absolute Gasteiger partial charge is 0.269 e. The Morgan fingerprint density at radius 1 is 1.23 bits per heavy atom. The van der Waals surface area contributed by atoms with Crippen molar-refractivity contribution in [3.8, 4) is 0 Å². The fourth-order valence-electron chi connectivity index (χ4n) is 1.98. The van der Waals surface area contributed by atoms with Gasteiger partial charge >= 0.3 is 0 Å². The van der Waals surface area contributed by atoms with Crippen LogP contribution in [0.5, 0.6) is 0 Å². The highest BCUT2D eigenvalue weighted by molar-refractivity contribution is 7.98. The Balaban J connectivity index is 2.74. The van der Waals surface area contributed by atoms with Gasteiger partial charge in [-0.3, -0.25) is 20.4 Å². The summed E-state index contributed by atoms with van der Waals surface area (Å²) in [5.74, 6) is -0.611. The third-order valence-electron chi connectivity index (χ3n) is 3.55. The van der Waals surface area contributed by atoms with E-state index in [1.807, 2.05) is 31.3 Å². The minimum atomic E-state index is -3.54. The first kappa shape index (κ1) is 22.3. The van der Waals surface area contributed by atoms with Crippen LogP contribution in [0.1, 0.15) is 23.7 Å². The van der Waals surface area contributed by atoms with E-state index in [-0.39, 0.29) is 5.75 Å². The van der Waals surface area contributed by atoms with Gasteiger partial charge in [-0.1, -0.05) is 6.07 Å². The summed E-state index contributed by atoms with van der Waals surface area (Å²) < 4.78 is 25.9. The molecule has 0 spiro atoms. The van der Waals surface area contributed by atoms with Gasteiger partial charge in [0.1, 0.15) is 6.04 Å². The van der Waals surface area contributed by atoms with Gasteiger partial charge in [0.15, 0.2) is 0 Å². The van der Waals surface area contributed by atoms with Gasteiger partial charge in [0.05, 0.1) is 5.75 Å². The number of hydrogen-bond donors (Lipinski definition) is 3. The van der Waals surface area contributed by atoms with Gasteiger partial charge in [0.25, 0.3) is 11.8 Å². The number of rotatable bonds is 9. The van der Waals surface area contributed by atoms with Gasteiger partial charge in [0, 0.05) is 25.3 Å². The van der Waals surface area contributed by atoms with Crippen molar-refractivity contribution in [2.45, 2.75) is 19.4 Å². The van der Waals surface area contributed by atoms with Crippen molar-refractivity contribution in [2.24, 2.45) is 0 Å². The zero-order valence-electron chi connectivity index (χ0n) is 15.4. The third-order valence-corrected chi connectivity index (χ3v) is 5.60. The zero-order chi connectivity index (χ0) is 19.7. The lowest BCUT2D eigenvalue weighted by Crippen LogP contribution is -2.52. The van der Waals surface area contributed by atoms with E-state index in [4.69, 9.17) is 0 Å². The molecular formula is C16H26N4O4S2. The first-order valence-corrected chi connectivity index (χ1v) is 11.1. The van der Waals surface area contributed by atoms with E-state index in [1.165, 1.54) is 18.7 Å². The molecule has 0 bridgehead atoms. The van der Waals surface area contributed by atoms with Crippen LogP contribution in [0.3, 0.4) is 0 Å². The Bertz CT molecular complexity index is 723. The molecule has 1 atom stereocenters. The van der Waals surface area contributed by atoms with Crippen molar-refractivity contribution in [1.29, 1.82) is 0 Å². The second-order valence-corrected chi connectivity index (χ2v) is 8.77. The number of nitrogens with one attached hydrogen (secondary N) is 3. The average molecular weight is 403 g/mol. The highest BCUT2D eigenvalue weighted by atomic mass is 32.2. The molecule has 1 aromatic rings. The minimum absolute atomic E-state index is 0.125. The van der Waals surface area contributed by atoms with Gasteiger partial charge in [-0.25, -0.2) is 13.1 Å². The molecule has 0 aliphatic carbocycles. The SMILES string of the molecule is CCS(=O)(=O)NC(CCSC)C(=O)NNC(=O)c1cccc(N(C)C)c1. The number of carbonyl (C=O) groups excluding carboxylic acids is 2. The topological polar surface area (TPSA) is 108 Å². The molecule has 1 aromatic carbocycles. The lowest BCUT2D eigenvalue weighted by molar-refractivity contribution is -0.123. The molecule has 0 aliphatic heterocycles. The number of hydrogen-bond acceptors (Lipinski definition) is 6. The molecule has 3 N–H and O–H groups in total. The highest BCUT2D eigenvalue weighted by Crippen LogP contribution is 2.13. The van der Waals surface area contributed by atoms with E-state index in [1.54, 1.807) is 18.2 Å². The predicted molar refractivity (Wildman–Crippen MR) is 106 cm³/mol. The van der Waals surface area contributed by atoms with Crippen LogP contribution >= 0.6 is 11.8 Å². The molecule has 26 heavy (non-hydrogen) atoms. The van der Waals surface area contributed by atoms with Gasteiger partial charge in [-0.05, 0) is 43.6 Å². The maximum absolute atomic E-state index is 12.3. The van der Waals surface area contributed by atoms with E-state index in [2.05, 4.69) is 15.6 Å². The number of anilines is 1. The number of carbonyl (C=O) groups is 2. The molecule has 1 rings (SSSR count). The van der Waals surface area contributed by atoms with E-state index in [0.717, 1.165) is 5.69 Å². The molecule has 146 valence electrons. The lowest BCUT2D eigenvalue weighted by Gasteiger charge is -2.18. The van der Waals surface area contributed by atoms with E-state index < -0.39 is 27.9 Å². The van der Waals surface area contributed by atoms with Crippen LogP contribution in [-0.2, 0) is 14.8 Å². The highest BCUT2D eigenvalue weighted by Gasteiger charge is 2.23. The van der Waals surface area contributed by atoms with Crippen LogP contribution < -0.4 is 20.5 Å². The van der Waals surface area contributed by atoms with Gasteiger partial charge in [0.2, 0.25) is 10.0 Å². The molecule has 1 unspecified atom stereocenters. The van der Waals surface area contributed by atoms with Crippen molar-refractivity contribution < 1.29 is 18.0 Å². The molecule has 0 aromatic heterocycles. The molecule has 2 amide bonds. The summed E-state index contributed by atoms with van der Waals surface area (Å²) in [5, 5.41) is 0. The molecule has 0 aliphatic rings. The normalized spacial score (nSPS) is 12.3. The Hall–Kier alpha value is -1.78. The van der Waals surface area contributed by atoms with Crippen molar-refractivity contribution in [3.63, 3.8) is 0 Å². The zero-order valence-corrected chi connectivity index (χ0v) is 17.0. The number of thioether (sulfide) groups is 1. The van der Waals surface area contributed by atoms with Crippen LogP contribution in [0.15, 0.2) is 24.3 Å². The standard InChI is InChI=1S/C16H26N4O4S2/c1-5-26(23,24)19-14(9-10-25-4)16(22)18-17-15(21)12-7-6-8-13(11-12)20(2)3/h6-8,11,14,19H,5,9-10H2,1-4H3,(H,17,21)(H,18,22). The molecule has 0 saturated carbocycles. The predicted octanol–water partition coefficient (Wildman–Crippen LogP) is 0.575. The maximum atomic E-state index is 12.3. The van der Waals surface area contributed by atoms with Gasteiger partial charge < -0.3 is 4.90 Å². The van der Waals surface area contributed by atoms with Crippen molar-refractivity contribution >= 4 is 39.3 Å². The monoisotopic (exact) mass is 402 g/mol. The maximum Gasteiger partial charge on any atom is 0.269 e. The molecule has 0 radical (unpaired) electrons. The molecule has 8 nitrogen and oxygen atoms in total. The minimum Gasteiger partial charge on any atom is -0.378 e. The van der Waals surface area contributed by atoms with Crippen LogP contribution in [0, 0.1) is 0 Å². The Morgan fingerprint density at radius 2 is 1.92 bits per heavy atom. The van der Waals surface area contributed by atoms with E-state index in [9.17, 15) is 18.0 Å². The molecule has 0 saturated heterocycles. The number of benzene rings is 1. The third kappa shape index (κ3) is 7.22. The summed E-state index contributed by atoms with van der Waals surface area (Å²) in [5.41, 5.74) is 5.85. The van der Waals surface area contributed by atoms with E-state index in [0.29, 0.717) is 17.7 Å². The fraction of sp³-hybridized carbons (Fsp3) is 0.500. The quantitative estimate of drug-likeness (QED) is 0.522. The van der Waals surface area contributed by atoms with Crippen LogP contribution in [0.4, 0.5) is 5.69 Å².